The average Bonchev–Trinajstić information content (AvgIpc) is 2.35. The molecule has 2 rings (SSSR count). The van der Waals surface area contributed by atoms with E-state index in [2.05, 4.69) is 44.3 Å². The van der Waals surface area contributed by atoms with Crippen molar-refractivity contribution in [2.24, 2.45) is 11.8 Å². The Balaban J connectivity index is 2.15. The molecular weight excluding hydrogens is 222 g/mol. The van der Waals surface area contributed by atoms with Gasteiger partial charge in [0, 0.05) is 6.04 Å². The molecule has 0 aromatic heterocycles. The third kappa shape index (κ3) is 2.80. The second-order valence-corrected chi connectivity index (χ2v) is 5.72. The van der Waals surface area contributed by atoms with Crippen LogP contribution >= 0.6 is 0 Å². The van der Waals surface area contributed by atoms with E-state index in [0.29, 0.717) is 6.04 Å². The van der Waals surface area contributed by atoms with Crippen LogP contribution in [-0.4, -0.2) is 13.2 Å². The van der Waals surface area contributed by atoms with Crippen LogP contribution in [0.1, 0.15) is 38.7 Å². The van der Waals surface area contributed by atoms with Gasteiger partial charge in [0.15, 0.2) is 0 Å². The van der Waals surface area contributed by atoms with Gasteiger partial charge in [-0.2, -0.15) is 0 Å². The molecule has 1 aliphatic rings. The Morgan fingerprint density at radius 2 is 2.00 bits per heavy atom. The van der Waals surface area contributed by atoms with Crippen LogP contribution in [0.3, 0.4) is 0 Å². The van der Waals surface area contributed by atoms with Crippen LogP contribution in [0, 0.1) is 18.8 Å². The van der Waals surface area contributed by atoms with Gasteiger partial charge in [0.1, 0.15) is 5.75 Å². The Morgan fingerprint density at radius 1 is 1.22 bits per heavy atom. The van der Waals surface area contributed by atoms with Crippen LogP contribution in [0.15, 0.2) is 18.2 Å². The van der Waals surface area contributed by atoms with Crippen molar-refractivity contribution in [3.8, 4) is 5.75 Å². The molecular formula is C16H25NO. The highest BCUT2D eigenvalue weighted by atomic mass is 16.5. The van der Waals surface area contributed by atoms with E-state index in [1.807, 2.05) is 0 Å². The molecule has 3 atom stereocenters. The summed E-state index contributed by atoms with van der Waals surface area (Å²) in [6, 6.07) is 6.90. The number of methoxy groups -OCH3 is 1. The van der Waals surface area contributed by atoms with Gasteiger partial charge in [0.2, 0.25) is 0 Å². The Hall–Kier alpha value is -1.18. The first-order chi connectivity index (χ1) is 8.61. The molecule has 18 heavy (non-hydrogen) atoms. The summed E-state index contributed by atoms with van der Waals surface area (Å²) >= 11 is 0. The van der Waals surface area contributed by atoms with E-state index in [9.17, 15) is 0 Å². The molecule has 0 bridgehead atoms. The smallest absolute Gasteiger partial charge is 0.141 e. The van der Waals surface area contributed by atoms with E-state index >= 15 is 0 Å². The first-order valence-electron chi connectivity index (χ1n) is 7.03. The number of hydrogen-bond acceptors (Lipinski definition) is 2. The predicted octanol–water partition coefficient (Wildman–Crippen LogP) is 4.24. The summed E-state index contributed by atoms with van der Waals surface area (Å²) in [6.07, 6.45) is 3.96. The normalized spacial score (nSPS) is 27.9. The molecule has 0 saturated heterocycles. The summed E-state index contributed by atoms with van der Waals surface area (Å²) in [7, 11) is 1.74. The zero-order chi connectivity index (χ0) is 13.1. The quantitative estimate of drug-likeness (QED) is 0.862. The van der Waals surface area contributed by atoms with Crippen LogP contribution in [0.5, 0.6) is 5.75 Å². The Labute approximate surface area is 111 Å². The maximum atomic E-state index is 5.44. The number of aryl methyl sites for hydroxylation is 1. The van der Waals surface area contributed by atoms with Gasteiger partial charge in [-0.05, 0) is 42.9 Å². The monoisotopic (exact) mass is 247 g/mol. The van der Waals surface area contributed by atoms with Crippen molar-refractivity contribution >= 4 is 5.69 Å². The lowest BCUT2D eigenvalue weighted by atomic mass is 9.78. The van der Waals surface area contributed by atoms with Gasteiger partial charge >= 0.3 is 0 Å². The minimum atomic E-state index is 0.574. The predicted molar refractivity (Wildman–Crippen MR) is 77.3 cm³/mol. The van der Waals surface area contributed by atoms with Crippen molar-refractivity contribution in [1.82, 2.24) is 0 Å². The zero-order valence-electron chi connectivity index (χ0n) is 12.0. The van der Waals surface area contributed by atoms with E-state index in [1.165, 1.54) is 24.8 Å². The lowest BCUT2D eigenvalue weighted by Gasteiger charge is -2.35. The first kappa shape index (κ1) is 13.3. The Morgan fingerprint density at radius 3 is 2.72 bits per heavy atom. The number of ether oxygens (including phenoxy) is 1. The van der Waals surface area contributed by atoms with Gasteiger partial charge in [-0.1, -0.05) is 32.8 Å². The SMILES string of the molecule is COc1ccc(C)cc1NC1CCCC(C)C1C. The van der Waals surface area contributed by atoms with Crippen molar-refractivity contribution in [2.75, 3.05) is 12.4 Å². The molecule has 0 heterocycles. The maximum absolute atomic E-state index is 5.44. The van der Waals surface area contributed by atoms with E-state index < -0.39 is 0 Å². The fraction of sp³-hybridized carbons (Fsp3) is 0.625. The highest BCUT2D eigenvalue weighted by Crippen LogP contribution is 2.34. The zero-order valence-corrected chi connectivity index (χ0v) is 12.0. The molecule has 3 unspecified atom stereocenters. The molecule has 1 aromatic carbocycles. The summed E-state index contributed by atoms with van der Waals surface area (Å²) in [5.74, 6) is 2.49. The van der Waals surface area contributed by atoms with E-state index in [0.717, 1.165) is 23.3 Å². The minimum absolute atomic E-state index is 0.574. The van der Waals surface area contributed by atoms with Crippen molar-refractivity contribution in [3.63, 3.8) is 0 Å². The second kappa shape index (κ2) is 5.64. The number of rotatable bonds is 3. The lowest BCUT2D eigenvalue weighted by Crippen LogP contribution is -2.35. The molecule has 0 amide bonds. The highest BCUT2D eigenvalue weighted by Gasteiger charge is 2.27. The summed E-state index contributed by atoms with van der Waals surface area (Å²) in [6.45, 7) is 6.85. The third-order valence-corrected chi connectivity index (χ3v) is 4.40. The summed E-state index contributed by atoms with van der Waals surface area (Å²) in [5.41, 5.74) is 2.42. The maximum Gasteiger partial charge on any atom is 0.141 e. The van der Waals surface area contributed by atoms with Crippen LogP contribution in [-0.2, 0) is 0 Å². The highest BCUT2D eigenvalue weighted by molar-refractivity contribution is 5.58. The standard InChI is InChI=1S/C16H25NO/c1-11-8-9-16(18-4)15(10-11)17-14-7-5-6-12(2)13(14)3/h8-10,12-14,17H,5-7H2,1-4H3. The van der Waals surface area contributed by atoms with E-state index in [4.69, 9.17) is 4.74 Å². The Kier molecular flexibility index (Phi) is 4.15. The fourth-order valence-corrected chi connectivity index (χ4v) is 2.92. The van der Waals surface area contributed by atoms with Crippen LogP contribution in [0.25, 0.3) is 0 Å². The van der Waals surface area contributed by atoms with Gasteiger partial charge in [-0.3, -0.25) is 0 Å². The largest absolute Gasteiger partial charge is 0.495 e. The van der Waals surface area contributed by atoms with Gasteiger partial charge in [0.05, 0.1) is 12.8 Å². The second-order valence-electron chi connectivity index (χ2n) is 5.72. The van der Waals surface area contributed by atoms with Gasteiger partial charge in [0.25, 0.3) is 0 Å². The van der Waals surface area contributed by atoms with Crippen molar-refractivity contribution in [3.05, 3.63) is 23.8 Å². The van der Waals surface area contributed by atoms with Crippen molar-refractivity contribution in [1.29, 1.82) is 0 Å². The Bertz CT molecular complexity index is 402. The molecule has 1 saturated carbocycles. The van der Waals surface area contributed by atoms with Gasteiger partial charge in [-0.15, -0.1) is 0 Å². The number of anilines is 1. The molecule has 100 valence electrons. The van der Waals surface area contributed by atoms with Crippen molar-refractivity contribution in [2.45, 2.75) is 46.1 Å². The molecule has 1 fully saturated rings. The van der Waals surface area contributed by atoms with Crippen LogP contribution in [0.4, 0.5) is 5.69 Å². The molecule has 2 heteroatoms. The molecule has 2 nitrogen and oxygen atoms in total. The number of nitrogens with one attached hydrogen (secondary N) is 1. The fourth-order valence-electron chi connectivity index (χ4n) is 2.92. The number of benzene rings is 1. The summed E-state index contributed by atoms with van der Waals surface area (Å²) in [4.78, 5) is 0. The molecule has 1 N–H and O–H groups in total. The first-order valence-corrected chi connectivity index (χ1v) is 7.03. The molecule has 0 radical (unpaired) electrons. The molecule has 1 aromatic rings. The van der Waals surface area contributed by atoms with Gasteiger partial charge < -0.3 is 10.1 Å². The summed E-state index contributed by atoms with van der Waals surface area (Å²) in [5, 5.41) is 3.70. The molecule has 0 aliphatic heterocycles. The molecule has 0 spiro atoms. The topological polar surface area (TPSA) is 21.3 Å². The number of hydrogen-bond donors (Lipinski definition) is 1. The van der Waals surface area contributed by atoms with E-state index in [1.54, 1.807) is 7.11 Å². The average molecular weight is 247 g/mol. The summed E-state index contributed by atoms with van der Waals surface area (Å²) < 4.78 is 5.44. The van der Waals surface area contributed by atoms with Crippen molar-refractivity contribution < 1.29 is 4.74 Å². The lowest BCUT2D eigenvalue weighted by molar-refractivity contribution is 0.252. The van der Waals surface area contributed by atoms with Gasteiger partial charge in [-0.25, -0.2) is 0 Å². The molecule has 1 aliphatic carbocycles. The third-order valence-electron chi connectivity index (χ3n) is 4.40. The van der Waals surface area contributed by atoms with E-state index in [-0.39, 0.29) is 0 Å². The van der Waals surface area contributed by atoms with Crippen LogP contribution in [0.2, 0.25) is 0 Å². The minimum Gasteiger partial charge on any atom is -0.495 e. The van der Waals surface area contributed by atoms with Crippen LogP contribution < -0.4 is 10.1 Å².